The Hall–Kier alpha value is -4.27. The number of amides is 3. The summed E-state index contributed by atoms with van der Waals surface area (Å²) in [5.74, 6) is -0.846. The molecule has 2 fully saturated rings. The van der Waals surface area contributed by atoms with E-state index in [2.05, 4.69) is 10.4 Å². The minimum atomic E-state index is -0.779. The minimum Gasteiger partial charge on any atom is -0.340 e. The SMILES string of the molecule is CC(C)CC(NC(=O)c1ccc(-n2cccn2)cc1)C(=O)N1CCC2C1C(=O)CN2C(=O)c1ccccc1. The number of nitrogens with zero attached hydrogens (tertiary/aromatic N) is 4. The molecule has 3 atom stereocenters. The van der Waals surface area contributed by atoms with E-state index >= 15 is 0 Å². The van der Waals surface area contributed by atoms with Gasteiger partial charge in [0.15, 0.2) is 5.78 Å². The molecule has 5 rings (SSSR count). The van der Waals surface area contributed by atoms with Gasteiger partial charge in [0.2, 0.25) is 5.91 Å². The van der Waals surface area contributed by atoms with Crippen LogP contribution < -0.4 is 5.32 Å². The lowest BCUT2D eigenvalue weighted by Crippen LogP contribution is -2.53. The summed E-state index contributed by atoms with van der Waals surface area (Å²) in [6, 6.07) is 15.8. The molecule has 0 saturated carbocycles. The highest BCUT2D eigenvalue weighted by Gasteiger charge is 2.52. The van der Waals surface area contributed by atoms with Crippen LogP contribution in [-0.2, 0) is 9.59 Å². The fourth-order valence-electron chi connectivity index (χ4n) is 5.41. The molecular formula is C29H31N5O4. The van der Waals surface area contributed by atoms with Gasteiger partial charge in [-0.3, -0.25) is 19.2 Å². The zero-order valence-electron chi connectivity index (χ0n) is 21.5. The molecule has 2 aliphatic rings. The van der Waals surface area contributed by atoms with Gasteiger partial charge in [0.05, 0.1) is 18.3 Å². The molecule has 1 N–H and O–H groups in total. The van der Waals surface area contributed by atoms with Gasteiger partial charge in [-0.2, -0.15) is 5.10 Å². The van der Waals surface area contributed by atoms with Crippen molar-refractivity contribution in [3.8, 4) is 5.69 Å². The van der Waals surface area contributed by atoms with Gasteiger partial charge in [0.1, 0.15) is 12.1 Å². The smallest absolute Gasteiger partial charge is 0.254 e. The molecule has 3 aromatic rings. The van der Waals surface area contributed by atoms with Crippen LogP contribution in [0, 0.1) is 5.92 Å². The largest absolute Gasteiger partial charge is 0.340 e. The minimum absolute atomic E-state index is 0.0172. The second kappa shape index (κ2) is 10.6. The van der Waals surface area contributed by atoms with E-state index in [0.717, 1.165) is 5.69 Å². The molecule has 2 aromatic carbocycles. The number of benzene rings is 2. The number of likely N-dealkylation sites (tertiary alicyclic amines) is 2. The first kappa shape index (κ1) is 25.4. The summed E-state index contributed by atoms with van der Waals surface area (Å²) < 4.78 is 1.70. The van der Waals surface area contributed by atoms with Gasteiger partial charge in [-0.1, -0.05) is 32.0 Å². The van der Waals surface area contributed by atoms with Gasteiger partial charge < -0.3 is 15.1 Å². The molecule has 196 valence electrons. The van der Waals surface area contributed by atoms with Crippen molar-refractivity contribution in [3.05, 3.63) is 84.2 Å². The van der Waals surface area contributed by atoms with Gasteiger partial charge >= 0.3 is 0 Å². The zero-order valence-corrected chi connectivity index (χ0v) is 21.5. The number of nitrogens with one attached hydrogen (secondary N) is 1. The predicted octanol–water partition coefficient (Wildman–Crippen LogP) is 2.71. The Bertz CT molecular complexity index is 1320. The van der Waals surface area contributed by atoms with E-state index in [1.165, 1.54) is 0 Å². The fourth-order valence-corrected chi connectivity index (χ4v) is 5.41. The normalized spacial score (nSPS) is 19.5. The Balaban J connectivity index is 1.30. The fraction of sp³-hybridized carbons (Fsp3) is 0.345. The molecule has 38 heavy (non-hydrogen) atoms. The molecule has 0 radical (unpaired) electrons. The Kier molecular flexibility index (Phi) is 7.09. The molecule has 3 heterocycles. The first-order chi connectivity index (χ1) is 18.3. The summed E-state index contributed by atoms with van der Waals surface area (Å²) in [7, 11) is 0. The molecule has 2 saturated heterocycles. The lowest BCUT2D eigenvalue weighted by atomic mass is 10.0. The van der Waals surface area contributed by atoms with Gasteiger partial charge in [-0.15, -0.1) is 0 Å². The maximum Gasteiger partial charge on any atom is 0.254 e. The van der Waals surface area contributed by atoms with Crippen molar-refractivity contribution in [2.45, 2.75) is 44.8 Å². The quantitative estimate of drug-likeness (QED) is 0.523. The van der Waals surface area contributed by atoms with Crippen molar-refractivity contribution in [2.24, 2.45) is 5.92 Å². The van der Waals surface area contributed by atoms with Gasteiger partial charge in [0.25, 0.3) is 11.8 Å². The van der Waals surface area contributed by atoms with E-state index in [9.17, 15) is 19.2 Å². The van der Waals surface area contributed by atoms with Crippen LogP contribution in [0.4, 0.5) is 0 Å². The molecule has 1 aromatic heterocycles. The van der Waals surface area contributed by atoms with E-state index < -0.39 is 12.1 Å². The van der Waals surface area contributed by atoms with E-state index in [1.54, 1.807) is 69.2 Å². The van der Waals surface area contributed by atoms with Gasteiger partial charge in [0, 0.05) is 30.1 Å². The number of rotatable bonds is 7. The van der Waals surface area contributed by atoms with Crippen LogP contribution >= 0.6 is 0 Å². The summed E-state index contributed by atoms with van der Waals surface area (Å²) in [6.07, 6.45) is 4.45. The third kappa shape index (κ3) is 4.96. The molecule has 2 aliphatic heterocycles. The van der Waals surface area contributed by atoms with Crippen LogP contribution in [-0.4, -0.2) is 74.3 Å². The molecular weight excluding hydrogens is 482 g/mol. The molecule has 9 nitrogen and oxygen atoms in total. The summed E-state index contributed by atoms with van der Waals surface area (Å²) >= 11 is 0. The standard InChI is InChI=1S/C29H31N5O4/c1-19(2)17-23(31-27(36)20-9-11-22(12-10-20)34-15-6-14-30-34)29(38)32-16-13-24-26(32)25(35)18-33(24)28(37)21-7-4-3-5-8-21/h3-12,14-15,19,23-24,26H,13,16-18H2,1-2H3,(H,31,36). The highest BCUT2D eigenvalue weighted by molar-refractivity contribution is 6.03. The third-order valence-corrected chi connectivity index (χ3v) is 7.20. The van der Waals surface area contributed by atoms with E-state index in [4.69, 9.17) is 0 Å². The highest BCUT2D eigenvalue weighted by atomic mass is 16.2. The van der Waals surface area contributed by atoms with Crippen LogP contribution in [0.1, 0.15) is 47.4 Å². The molecule has 0 spiro atoms. The van der Waals surface area contributed by atoms with Crippen LogP contribution in [0.15, 0.2) is 73.1 Å². The van der Waals surface area contributed by atoms with Crippen LogP contribution in [0.3, 0.4) is 0 Å². The summed E-state index contributed by atoms with van der Waals surface area (Å²) in [5.41, 5.74) is 1.77. The third-order valence-electron chi connectivity index (χ3n) is 7.20. The molecule has 3 amide bonds. The lowest BCUT2D eigenvalue weighted by Gasteiger charge is -2.29. The van der Waals surface area contributed by atoms with Gasteiger partial charge in [-0.05, 0) is 61.2 Å². The average molecular weight is 514 g/mol. The zero-order chi connectivity index (χ0) is 26.8. The summed E-state index contributed by atoms with van der Waals surface area (Å²) in [5, 5.41) is 7.09. The van der Waals surface area contributed by atoms with Crippen molar-refractivity contribution >= 4 is 23.5 Å². The number of hydrogen-bond donors (Lipinski definition) is 1. The first-order valence-electron chi connectivity index (χ1n) is 12.9. The second-order valence-electron chi connectivity index (χ2n) is 10.3. The van der Waals surface area contributed by atoms with Crippen molar-refractivity contribution in [1.29, 1.82) is 0 Å². The van der Waals surface area contributed by atoms with E-state index in [1.807, 2.05) is 32.2 Å². The van der Waals surface area contributed by atoms with Crippen molar-refractivity contribution in [3.63, 3.8) is 0 Å². The van der Waals surface area contributed by atoms with Crippen molar-refractivity contribution in [1.82, 2.24) is 24.9 Å². The average Bonchev–Trinajstić information content (AvgIpc) is 3.67. The topological polar surface area (TPSA) is 105 Å². The molecule has 3 unspecified atom stereocenters. The number of Topliss-reactive ketones (excluding diaryl/α,β-unsaturated/α-hetero) is 1. The number of carbonyl (C=O) groups excluding carboxylic acids is 4. The highest BCUT2D eigenvalue weighted by Crippen LogP contribution is 2.32. The number of ketones is 1. The Morgan fingerprint density at radius 2 is 1.71 bits per heavy atom. The van der Waals surface area contributed by atoms with E-state index in [0.29, 0.717) is 30.5 Å². The number of carbonyl (C=O) groups is 4. The lowest BCUT2D eigenvalue weighted by molar-refractivity contribution is -0.138. The van der Waals surface area contributed by atoms with Gasteiger partial charge in [-0.25, -0.2) is 4.68 Å². The Morgan fingerprint density at radius 1 is 0.974 bits per heavy atom. The number of fused-ring (bicyclic) bond motifs is 1. The van der Waals surface area contributed by atoms with Crippen LogP contribution in [0.5, 0.6) is 0 Å². The van der Waals surface area contributed by atoms with Crippen LogP contribution in [0.25, 0.3) is 5.69 Å². The predicted molar refractivity (Wildman–Crippen MR) is 141 cm³/mol. The monoisotopic (exact) mass is 513 g/mol. The number of aromatic nitrogens is 2. The van der Waals surface area contributed by atoms with Crippen LogP contribution in [0.2, 0.25) is 0 Å². The van der Waals surface area contributed by atoms with E-state index in [-0.39, 0.29) is 42.0 Å². The maximum atomic E-state index is 13.7. The molecule has 9 heteroatoms. The van der Waals surface area contributed by atoms with Crippen molar-refractivity contribution < 1.29 is 19.2 Å². The summed E-state index contributed by atoms with van der Waals surface area (Å²) in [6.45, 7) is 4.32. The van der Waals surface area contributed by atoms with Crippen molar-refractivity contribution in [2.75, 3.05) is 13.1 Å². The first-order valence-corrected chi connectivity index (χ1v) is 12.9. The number of hydrogen-bond acceptors (Lipinski definition) is 5. The molecule has 0 bridgehead atoms. The Labute approximate surface area is 221 Å². The maximum absolute atomic E-state index is 13.7. The molecule has 0 aliphatic carbocycles. The second-order valence-corrected chi connectivity index (χ2v) is 10.3. The Morgan fingerprint density at radius 3 is 2.37 bits per heavy atom. The summed E-state index contributed by atoms with van der Waals surface area (Å²) in [4.78, 5) is 56.2.